The van der Waals surface area contributed by atoms with Crippen molar-refractivity contribution in [2.75, 3.05) is 13.1 Å². The zero-order valence-electron chi connectivity index (χ0n) is 15.4. The lowest BCUT2D eigenvalue weighted by atomic mass is 9.94. The second-order valence-electron chi connectivity index (χ2n) is 6.84. The Labute approximate surface area is 165 Å². The van der Waals surface area contributed by atoms with Crippen molar-refractivity contribution in [3.8, 4) is 0 Å². The Balaban J connectivity index is 0.00000243. The number of nitrogens with one attached hydrogen (secondary N) is 2. The molecule has 2 heterocycles. The van der Waals surface area contributed by atoms with Crippen molar-refractivity contribution in [1.82, 2.24) is 20.4 Å². The van der Waals surface area contributed by atoms with Crippen molar-refractivity contribution >= 4 is 29.9 Å². The highest BCUT2D eigenvalue weighted by Crippen LogP contribution is 2.20. The van der Waals surface area contributed by atoms with E-state index < -0.39 is 0 Å². The lowest BCUT2D eigenvalue weighted by Gasteiger charge is -2.30. The van der Waals surface area contributed by atoms with Crippen molar-refractivity contribution < 1.29 is 4.79 Å². The standard InChI is InChI=1S/C19H25ClN4O.ClH/c1-12-8-9-21-10-17(12)22-19(25)18-13(2)23-24(14(18)3)11-15-6-4-5-7-16(15)20;/h4-7,12,17,21H,8-11H2,1-3H3,(H,22,25);1H. The topological polar surface area (TPSA) is 59.0 Å². The molecule has 0 bridgehead atoms. The monoisotopic (exact) mass is 396 g/mol. The van der Waals surface area contributed by atoms with Gasteiger partial charge in [-0.2, -0.15) is 5.10 Å². The van der Waals surface area contributed by atoms with Crippen molar-refractivity contribution in [2.45, 2.75) is 39.8 Å². The SMILES string of the molecule is Cc1nn(Cc2ccccc2Cl)c(C)c1C(=O)NC1CNCCC1C.Cl. The van der Waals surface area contributed by atoms with Crippen LogP contribution in [0.5, 0.6) is 0 Å². The minimum absolute atomic E-state index is 0. The first-order chi connectivity index (χ1) is 12.0. The third-order valence-electron chi connectivity index (χ3n) is 5.03. The van der Waals surface area contributed by atoms with Gasteiger partial charge in [0.15, 0.2) is 0 Å². The number of hydrogen-bond donors (Lipinski definition) is 2. The lowest BCUT2D eigenvalue weighted by molar-refractivity contribution is 0.0914. The minimum Gasteiger partial charge on any atom is -0.348 e. The van der Waals surface area contributed by atoms with E-state index in [1.165, 1.54) is 0 Å². The van der Waals surface area contributed by atoms with Gasteiger partial charge >= 0.3 is 0 Å². The molecule has 26 heavy (non-hydrogen) atoms. The van der Waals surface area contributed by atoms with Gasteiger partial charge in [0.1, 0.15) is 0 Å². The van der Waals surface area contributed by atoms with E-state index in [0.717, 1.165) is 36.5 Å². The maximum Gasteiger partial charge on any atom is 0.255 e. The molecule has 1 aromatic heterocycles. The molecule has 5 nitrogen and oxygen atoms in total. The number of benzene rings is 1. The minimum atomic E-state index is -0.0408. The first kappa shape index (κ1) is 20.7. The molecule has 0 spiro atoms. The number of aromatic nitrogens is 2. The summed E-state index contributed by atoms with van der Waals surface area (Å²) < 4.78 is 1.86. The van der Waals surface area contributed by atoms with Crippen molar-refractivity contribution in [3.05, 3.63) is 51.8 Å². The Kier molecular flexibility index (Phi) is 7.09. The number of piperidine rings is 1. The number of rotatable bonds is 4. The number of carbonyl (C=O) groups excluding carboxylic acids is 1. The summed E-state index contributed by atoms with van der Waals surface area (Å²) >= 11 is 6.25. The van der Waals surface area contributed by atoms with Gasteiger partial charge in [0.25, 0.3) is 5.91 Å². The maximum absolute atomic E-state index is 12.8. The highest BCUT2D eigenvalue weighted by molar-refractivity contribution is 6.31. The molecule has 1 amide bonds. The Morgan fingerprint density at radius 2 is 2.12 bits per heavy atom. The molecule has 142 valence electrons. The summed E-state index contributed by atoms with van der Waals surface area (Å²) in [6, 6.07) is 7.87. The van der Waals surface area contributed by atoms with Gasteiger partial charge in [0.2, 0.25) is 0 Å². The highest BCUT2D eigenvalue weighted by Gasteiger charge is 2.26. The molecular weight excluding hydrogens is 371 g/mol. The van der Waals surface area contributed by atoms with E-state index in [-0.39, 0.29) is 24.4 Å². The van der Waals surface area contributed by atoms with Crippen LogP contribution in [0.2, 0.25) is 5.02 Å². The number of amides is 1. The summed E-state index contributed by atoms with van der Waals surface area (Å²) in [5.74, 6) is 0.435. The molecule has 7 heteroatoms. The molecule has 2 N–H and O–H groups in total. The van der Waals surface area contributed by atoms with Crippen LogP contribution in [-0.4, -0.2) is 34.8 Å². The fraction of sp³-hybridized carbons (Fsp3) is 0.474. The van der Waals surface area contributed by atoms with E-state index in [9.17, 15) is 4.79 Å². The molecule has 0 aliphatic carbocycles. The zero-order chi connectivity index (χ0) is 18.0. The van der Waals surface area contributed by atoms with Gasteiger partial charge in [-0.3, -0.25) is 9.48 Å². The van der Waals surface area contributed by atoms with E-state index in [0.29, 0.717) is 23.0 Å². The normalized spacial score (nSPS) is 19.7. The van der Waals surface area contributed by atoms with Gasteiger partial charge in [-0.1, -0.05) is 36.7 Å². The molecule has 1 fully saturated rings. The van der Waals surface area contributed by atoms with Crippen molar-refractivity contribution in [1.29, 1.82) is 0 Å². The third kappa shape index (κ3) is 4.40. The zero-order valence-corrected chi connectivity index (χ0v) is 17.0. The van der Waals surface area contributed by atoms with E-state index >= 15 is 0 Å². The van der Waals surface area contributed by atoms with E-state index in [1.54, 1.807) is 0 Å². The molecule has 2 atom stereocenters. The van der Waals surface area contributed by atoms with Crippen LogP contribution >= 0.6 is 24.0 Å². The van der Waals surface area contributed by atoms with Crippen LogP contribution in [0.15, 0.2) is 24.3 Å². The molecule has 1 aliphatic heterocycles. The smallest absolute Gasteiger partial charge is 0.255 e. The Hall–Kier alpha value is -1.56. The van der Waals surface area contributed by atoms with E-state index in [2.05, 4.69) is 22.7 Å². The fourth-order valence-corrected chi connectivity index (χ4v) is 3.59. The van der Waals surface area contributed by atoms with Gasteiger partial charge in [0.05, 0.1) is 17.8 Å². The summed E-state index contributed by atoms with van der Waals surface area (Å²) in [6.45, 7) is 8.40. The summed E-state index contributed by atoms with van der Waals surface area (Å²) in [5.41, 5.74) is 3.28. The van der Waals surface area contributed by atoms with Gasteiger partial charge in [-0.15, -0.1) is 12.4 Å². The predicted molar refractivity (Wildman–Crippen MR) is 107 cm³/mol. The van der Waals surface area contributed by atoms with Crippen LogP contribution < -0.4 is 10.6 Å². The second kappa shape index (κ2) is 8.89. The third-order valence-corrected chi connectivity index (χ3v) is 5.40. The summed E-state index contributed by atoms with van der Waals surface area (Å²) in [7, 11) is 0. The first-order valence-corrected chi connectivity index (χ1v) is 9.14. The van der Waals surface area contributed by atoms with Gasteiger partial charge in [-0.05, 0) is 44.4 Å². The molecule has 1 aromatic carbocycles. The Bertz CT molecular complexity index is 775. The van der Waals surface area contributed by atoms with Crippen LogP contribution in [0.1, 0.15) is 40.7 Å². The maximum atomic E-state index is 12.8. The quantitative estimate of drug-likeness (QED) is 0.832. The van der Waals surface area contributed by atoms with Gasteiger partial charge in [0, 0.05) is 23.3 Å². The van der Waals surface area contributed by atoms with Crippen molar-refractivity contribution in [2.24, 2.45) is 5.92 Å². The van der Waals surface area contributed by atoms with Gasteiger partial charge in [-0.25, -0.2) is 0 Å². The Morgan fingerprint density at radius 1 is 1.38 bits per heavy atom. The largest absolute Gasteiger partial charge is 0.348 e. The number of nitrogens with zero attached hydrogens (tertiary/aromatic N) is 2. The highest BCUT2D eigenvalue weighted by atomic mass is 35.5. The molecular formula is C19H26Cl2N4O. The Morgan fingerprint density at radius 3 is 2.81 bits per heavy atom. The van der Waals surface area contributed by atoms with Crippen LogP contribution in [0.25, 0.3) is 0 Å². The van der Waals surface area contributed by atoms with E-state index in [1.807, 2.05) is 42.8 Å². The molecule has 1 aliphatic rings. The van der Waals surface area contributed by atoms with Crippen molar-refractivity contribution in [3.63, 3.8) is 0 Å². The second-order valence-corrected chi connectivity index (χ2v) is 7.25. The molecule has 1 saturated heterocycles. The first-order valence-electron chi connectivity index (χ1n) is 8.76. The fourth-order valence-electron chi connectivity index (χ4n) is 3.39. The van der Waals surface area contributed by atoms with Gasteiger partial charge < -0.3 is 10.6 Å². The van der Waals surface area contributed by atoms with Crippen LogP contribution in [-0.2, 0) is 6.54 Å². The molecule has 2 unspecified atom stereocenters. The number of halogens is 2. The average molecular weight is 397 g/mol. The lowest BCUT2D eigenvalue weighted by Crippen LogP contribution is -2.50. The summed E-state index contributed by atoms with van der Waals surface area (Å²) in [5, 5.41) is 11.8. The number of carbonyl (C=O) groups is 1. The summed E-state index contributed by atoms with van der Waals surface area (Å²) in [6.07, 6.45) is 1.08. The number of hydrogen-bond acceptors (Lipinski definition) is 3. The van der Waals surface area contributed by atoms with Crippen LogP contribution in [0.4, 0.5) is 0 Å². The molecule has 2 aromatic rings. The predicted octanol–water partition coefficient (Wildman–Crippen LogP) is 3.35. The number of aryl methyl sites for hydroxylation is 1. The molecule has 0 radical (unpaired) electrons. The molecule has 3 rings (SSSR count). The molecule has 0 saturated carbocycles. The average Bonchev–Trinajstić information content (AvgIpc) is 2.86. The van der Waals surface area contributed by atoms with E-state index in [4.69, 9.17) is 11.6 Å². The summed E-state index contributed by atoms with van der Waals surface area (Å²) in [4.78, 5) is 12.8. The van der Waals surface area contributed by atoms with Crippen LogP contribution in [0, 0.1) is 19.8 Å². The van der Waals surface area contributed by atoms with Crippen LogP contribution in [0.3, 0.4) is 0 Å².